The van der Waals surface area contributed by atoms with Gasteiger partial charge < -0.3 is 10.6 Å². The van der Waals surface area contributed by atoms with Crippen LogP contribution in [0.5, 0.6) is 0 Å². The van der Waals surface area contributed by atoms with E-state index in [0.717, 1.165) is 22.5 Å². The van der Waals surface area contributed by atoms with E-state index < -0.39 is 0 Å². The summed E-state index contributed by atoms with van der Waals surface area (Å²) in [6, 6.07) is 8.28. The van der Waals surface area contributed by atoms with Gasteiger partial charge in [-0.05, 0) is 40.4 Å². The molecule has 1 aromatic carbocycles. The number of anilines is 3. The van der Waals surface area contributed by atoms with Gasteiger partial charge in [0, 0.05) is 18.4 Å². The number of nitrogens with zero attached hydrogens (tertiary/aromatic N) is 2. The van der Waals surface area contributed by atoms with Crippen LogP contribution < -0.4 is 10.6 Å². The molecule has 1 aromatic heterocycles. The van der Waals surface area contributed by atoms with Crippen molar-refractivity contribution in [1.82, 2.24) is 9.97 Å². The lowest BCUT2D eigenvalue weighted by molar-refractivity contribution is 0.869. The zero-order valence-corrected chi connectivity index (χ0v) is 13.5. The van der Waals surface area contributed by atoms with Crippen LogP contribution in [0.2, 0.25) is 0 Å². The van der Waals surface area contributed by atoms with Gasteiger partial charge >= 0.3 is 0 Å². The van der Waals surface area contributed by atoms with Gasteiger partial charge in [0.15, 0.2) is 0 Å². The monoisotopic (exact) mass is 334 g/mol. The van der Waals surface area contributed by atoms with Gasteiger partial charge in [0.2, 0.25) is 5.95 Å². The van der Waals surface area contributed by atoms with Crippen molar-refractivity contribution in [3.05, 3.63) is 40.5 Å². The summed E-state index contributed by atoms with van der Waals surface area (Å²) in [6.07, 6.45) is 1.76. The van der Waals surface area contributed by atoms with Crippen LogP contribution >= 0.6 is 15.9 Å². The molecule has 0 radical (unpaired) electrons. The van der Waals surface area contributed by atoms with Gasteiger partial charge in [-0.3, -0.25) is 0 Å². The Labute approximate surface area is 128 Å². The lowest BCUT2D eigenvalue weighted by Gasteiger charge is -2.15. The minimum Gasteiger partial charge on any atom is -0.354 e. The third-order valence-corrected chi connectivity index (χ3v) is 3.50. The summed E-state index contributed by atoms with van der Waals surface area (Å²) in [6.45, 7) is 7.18. The van der Waals surface area contributed by atoms with Crippen molar-refractivity contribution in [2.24, 2.45) is 0 Å². The summed E-state index contributed by atoms with van der Waals surface area (Å²) >= 11 is 3.49. The number of hydrogen-bond donors (Lipinski definition) is 2. The maximum atomic E-state index is 4.48. The first-order chi connectivity index (χ1) is 9.61. The summed E-state index contributed by atoms with van der Waals surface area (Å²) in [7, 11) is 0. The zero-order valence-electron chi connectivity index (χ0n) is 11.9. The fourth-order valence-corrected chi connectivity index (χ4v) is 2.23. The third-order valence-electron chi connectivity index (χ3n) is 2.91. The first-order valence-electron chi connectivity index (χ1n) is 6.74. The highest BCUT2D eigenvalue weighted by atomic mass is 79.9. The van der Waals surface area contributed by atoms with E-state index >= 15 is 0 Å². The predicted octanol–water partition coefficient (Wildman–Crippen LogP) is 4.54. The van der Waals surface area contributed by atoms with Gasteiger partial charge in [0.05, 0.1) is 4.47 Å². The summed E-state index contributed by atoms with van der Waals surface area (Å²) in [5.41, 5.74) is 2.34. The van der Waals surface area contributed by atoms with Crippen molar-refractivity contribution in [2.75, 3.05) is 17.2 Å². The number of halogens is 1. The van der Waals surface area contributed by atoms with Gasteiger partial charge in [0.25, 0.3) is 0 Å². The maximum absolute atomic E-state index is 4.48. The van der Waals surface area contributed by atoms with Crippen molar-refractivity contribution in [2.45, 2.75) is 26.7 Å². The molecular weight excluding hydrogens is 316 g/mol. The molecule has 2 aromatic rings. The average Bonchev–Trinajstić information content (AvgIpc) is 2.43. The van der Waals surface area contributed by atoms with E-state index in [0.29, 0.717) is 11.9 Å². The zero-order chi connectivity index (χ0) is 14.5. The lowest BCUT2D eigenvalue weighted by Crippen LogP contribution is -2.05. The standard InChI is InChI=1S/C15H19BrN4/c1-4-17-15-18-9-12(16)14(20-15)19-13-8-6-5-7-11(13)10(2)3/h5-10H,4H2,1-3H3,(H2,17,18,19,20). The summed E-state index contributed by atoms with van der Waals surface area (Å²) < 4.78 is 0.845. The number of aromatic nitrogens is 2. The molecule has 0 aliphatic rings. The second-order valence-corrected chi connectivity index (χ2v) is 5.64. The fraction of sp³-hybridized carbons (Fsp3) is 0.333. The molecule has 1 heterocycles. The molecule has 2 N–H and O–H groups in total. The van der Waals surface area contributed by atoms with E-state index in [9.17, 15) is 0 Å². The highest BCUT2D eigenvalue weighted by Crippen LogP contribution is 2.29. The number of rotatable bonds is 5. The Balaban J connectivity index is 2.32. The topological polar surface area (TPSA) is 49.8 Å². The smallest absolute Gasteiger partial charge is 0.224 e. The molecule has 0 bridgehead atoms. The third kappa shape index (κ3) is 3.48. The molecule has 20 heavy (non-hydrogen) atoms. The van der Waals surface area contributed by atoms with Crippen molar-refractivity contribution in [3.63, 3.8) is 0 Å². The quantitative estimate of drug-likeness (QED) is 0.842. The predicted molar refractivity (Wildman–Crippen MR) is 87.7 cm³/mol. The lowest BCUT2D eigenvalue weighted by atomic mass is 10.0. The Morgan fingerprint density at radius 1 is 1.25 bits per heavy atom. The van der Waals surface area contributed by atoms with Gasteiger partial charge in [-0.15, -0.1) is 0 Å². The summed E-state index contributed by atoms with van der Waals surface area (Å²) in [4.78, 5) is 8.70. The Bertz CT molecular complexity index is 584. The summed E-state index contributed by atoms with van der Waals surface area (Å²) in [5.74, 6) is 1.84. The molecule has 0 fully saturated rings. The largest absolute Gasteiger partial charge is 0.354 e. The van der Waals surface area contributed by atoms with Crippen LogP contribution in [0.4, 0.5) is 17.5 Å². The van der Waals surface area contributed by atoms with E-state index in [4.69, 9.17) is 0 Å². The maximum Gasteiger partial charge on any atom is 0.224 e. The van der Waals surface area contributed by atoms with Gasteiger partial charge in [0.1, 0.15) is 5.82 Å². The molecule has 0 saturated heterocycles. The first-order valence-corrected chi connectivity index (χ1v) is 7.53. The molecular formula is C15H19BrN4. The van der Waals surface area contributed by atoms with E-state index in [-0.39, 0.29) is 0 Å². The number of hydrogen-bond acceptors (Lipinski definition) is 4. The molecule has 0 saturated carbocycles. The number of benzene rings is 1. The van der Waals surface area contributed by atoms with Crippen LogP contribution in [0, 0.1) is 0 Å². The van der Waals surface area contributed by atoms with Gasteiger partial charge in [-0.2, -0.15) is 4.98 Å². The Morgan fingerprint density at radius 2 is 2.00 bits per heavy atom. The molecule has 0 atom stereocenters. The average molecular weight is 335 g/mol. The minimum absolute atomic E-state index is 0.451. The molecule has 0 unspecified atom stereocenters. The van der Waals surface area contributed by atoms with Crippen molar-refractivity contribution in [1.29, 1.82) is 0 Å². The Hall–Kier alpha value is -1.62. The van der Waals surface area contributed by atoms with E-state index in [1.165, 1.54) is 5.56 Å². The molecule has 4 nitrogen and oxygen atoms in total. The SMILES string of the molecule is CCNc1ncc(Br)c(Nc2ccccc2C(C)C)n1. The van der Waals surface area contributed by atoms with Crippen molar-refractivity contribution < 1.29 is 0 Å². The number of nitrogens with one attached hydrogen (secondary N) is 2. The van der Waals surface area contributed by atoms with Crippen LogP contribution in [-0.2, 0) is 0 Å². The highest BCUT2D eigenvalue weighted by molar-refractivity contribution is 9.10. The van der Waals surface area contributed by atoms with Crippen LogP contribution in [0.1, 0.15) is 32.3 Å². The first kappa shape index (κ1) is 14.8. The van der Waals surface area contributed by atoms with Crippen LogP contribution in [0.15, 0.2) is 34.9 Å². The van der Waals surface area contributed by atoms with E-state index in [2.05, 4.69) is 68.6 Å². The normalized spacial score (nSPS) is 10.7. The second-order valence-electron chi connectivity index (χ2n) is 4.79. The number of para-hydroxylation sites is 1. The van der Waals surface area contributed by atoms with Crippen molar-refractivity contribution >= 4 is 33.4 Å². The summed E-state index contributed by atoms with van der Waals surface area (Å²) in [5, 5.41) is 6.50. The van der Waals surface area contributed by atoms with E-state index in [1.807, 2.05) is 13.0 Å². The van der Waals surface area contributed by atoms with E-state index in [1.54, 1.807) is 6.20 Å². The molecule has 0 spiro atoms. The van der Waals surface area contributed by atoms with Crippen LogP contribution in [0.3, 0.4) is 0 Å². The molecule has 0 aliphatic carbocycles. The highest BCUT2D eigenvalue weighted by Gasteiger charge is 2.09. The van der Waals surface area contributed by atoms with Crippen molar-refractivity contribution in [3.8, 4) is 0 Å². The molecule has 106 valence electrons. The Kier molecular flexibility index (Phi) is 4.95. The molecule has 5 heteroatoms. The van der Waals surface area contributed by atoms with Gasteiger partial charge in [-0.1, -0.05) is 32.0 Å². The molecule has 0 amide bonds. The molecule has 0 aliphatic heterocycles. The molecule has 2 rings (SSSR count). The fourth-order valence-electron chi connectivity index (χ4n) is 1.94. The Morgan fingerprint density at radius 3 is 2.70 bits per heavy atom. The van der Waals surface area contributed by atoms with Crippen LogP contribution in [0.25, 0.3) is 0 Å². The van der Waals surface area contributed by atoms with Gasteiger partial charge in [-0.25, -0.2) is 4.98 Å². The minimum atomic E-state index is 0.451. The van der Waals surface area contributed by atoms with Crippen LogP contribution in [-0.4, -0.2) is 16.5 Å². The second kappa shape index (κ2) is 6.70.